The number of hydrogen-bond acceptors (Lipinski definition) is 3. The zero-order valence-electron chi connectivity index (χ0n) is 16.1. The van der Waals surface area contributed by atoms with Crippen molar-refractivity contribution < 1.29 is 19.4 Å². The molecule has 0 unspecified atom stereocenters. The van der Waals surface area contributed by atoms with Crippen LogP contribution in [0.25, 0.3) is 0 Å². The van der Waals surface area contributed by atoms with Gasteiger partial charge >= 0.3 is 11.9 Å². The van der Waals surface area contributed by atoms with Crippen LogP contribution in [0.1, 0.15) is 6.42 Å². The van der Waals surface area contributed by atoms with Gasteiger partial charge in [-0.25, -0.2) is 4.79 Å². The third-order valence-electron chi connectivity index (χ3n) is 4.87. The molecule has 146 valence electrons. The molecule has 0 atom stereocenters. The average molecular weight is 403 g/mol. The number of carbonyl (C=O) groups excluding carboxylic acids is 1. The van der Waals surface area contributed by atoms with Crippen molar-refractivity contribution in [1.29, 1.82) is 0 Å². The standard InChI is InChI=1S/C24H22O4Si/c1-28-24(27)19(17-23(25)26)18-29(20-11-5-2-6-12-20,21-13-7-3-8-14-21)22-15-9-4-10-16-22/h2-16,18H,17H2,1H3,(H,25,26). The Morgan fingerprint density at radius 2 is 1.17 bits per heavy atom. The molecule has 0 amide bonds. The number of benzene rings is 3. The molecule has 3 aromatic rings. The van der Waals surface area contributed by atoms with E-state index in [1.165, 1.54) is 7.11 Å². The van der Waals surface area contributed by atoms with Crippen molar-refractivity contribution in [2.45, 2.75) is 6.42 Å². The molecule has 0 saturated carbocycles. The Morgan fingerprint density at radius 3 is 1.48 bits per heavy atom. The predicted octanol–water partition coefficient (Wildman–Crippen LogP) is 2.27. The molecule has 0 spiro atoms. The Hall–Kier alpha value is -3.44. The number of rotatable bonds is 7. The van der Waals surface area contributed by atoms with Gasteiger partial charge in [-0.2, -0.15) is 0 Å². The fourth-order valence-corrected chi connectivity index (χ4v) is 7.99. The number of carbonyl (C=O) groups is 2. The normalized spacial score (nSPS) is 11.7. The van der Waals surface area contributed by atoms with Gasteiger partial charge in [0.15, 0.2) is 8.07 Å². The number of carboxylic acids is 1. The lowest BCUT2D eigenvalue weighted by molar-refractivity contribution is -0.141. The van der Waals surface area contributed by atoms with Crippen molar-refractivity contribution in [3.63, 3.8) is 0 Å². The fourth-order valence-electron chi connectivity index (χ4n) is 3.59. The Morgan fingerprint density at radius 1 is 0.793 bits per heavy atom. The van der Waals surface area contributed by atoms with Gasteiger partial charge in [-0.05, 0) is 15.6 Å². The third-order valence-corrected chi connectivity index (χ3v) is 9.38. The van der Waals surface area contributed by atoms with E-state index in [0.29, 0.717) is 0 Å². The largest absolute Gasteiger partial charge is 0.481 e. The number of carboxylic acid groups (broad SMARTS) is 1. The van der Waals surface area contributed by atoms with Gasteiger partial charge < -0.3 is 9.84 Å². The number of aliphatic carboxylic acids is 1. The second-order valence-electron chi connectivity index (χ2n) is 6.64. The first-order chi connectivity index (χ1) is 14.1. The van der Waals surface area contributed by atoms with Gasteiger partial charge in [0.1, 0.15) is 0 Å². The third kappa shape index (κ3) is 4.36. The van der Waals surface area contributed by atoms with E-state index in [2.05, 4.69) is 0 Å². The lowest BCUT2D eigenvalue weighted by atomic mass is 10.2. The molecular weight excluding hydrogens is 380 g/mol. The van der Waals surface area contributed by atoms with Crippen LogP contribution in [0.2, 0.25) is 0 Å². The maximum absolute atomic E-state index is 12.5. The minimum Gasteiger partial charge on any atom is -0.481 e. The SMILES string of the molecule is COC(=O)C(=C[Si](c1ccccc1)(c1ccccc1)c1ccccc1)CC(=O)O. The van der Waals surface area contributed by atoms with E-state index >= 15 is 0 Å². The Kier molecular flexibility index (Phi) is 6.42. The van der Waals surface area contributed by atoms with Crippen LogP contribution >= 0.6 is 0 Å². The summed E-state index contributed by atoms with van der Waals surface area (Å²) in [5.41, 5.74) is 2.02. The van der Waals surface area contributed by atoms with Gasteiger partial charge in [0.05, 0.1) is 13.5 Å². The molecule has 0 aromatic heterocycles. The van der Waals surface area contributed by atoms with Crippen LogP contribution in [0, 0.1) is 0 Å². The highest BCUT2D eigenvalue weighted by molar-refractivity contribution is 7.15. The summed E-state index contributed by atoms with van der Waals surface area (Å²) in [6, 6.07) is 29.9. The summed E-state index contributed by atoms with van der Waals surface area (Å²) < 4.78 is 4.92. The van der Waals surface area contributed by atoms with Crippen LogP contribution in [0.3, 0.4) is 0 Å². The lowest BCUT2D eigenvalue weighted by Crippen LogP contribution is -2.66. The van der Waals surface area contributed by atoms with Gasteiger partial charge in [-0.1, -0.05) is 96.7 Å². The molecule has 0 fully saturated rings. The zero-order valence-corrected chi connectivity index (χ0v) is 17.1. The summed E-state index contributed by atoms with van der Waals surface area (Å²) in [6.07, 6.45) is -0.395. The molecule has 0 radical (unpaired) electrons. The van der Waals surface area contributed by atoms with Crippen LogP contribution in [0.4, 0.5) is 0 Å². The number of esters is 1. The van der Waals surface area contributed by atoms with E-state index in [4.69, 9.17) is 4.74 Å². The van der Waals surface area contributed by atoms with Crippen molar-refractivity contribution >= 4 is 35.6 Å². The van der Waals surface area contributed by atoms with Crippen molar-refractivity contribution in [3.05, 3.63) is 102 Å². The number of methoxy groups -OCH3 is 1. The summed E-state index contributed by atoms with van der Waals surface area (Å²) in [4.78, 5) is 24.0. The first-order valence-electron chi connectivity index (χ1n) is 9.26. The molecule has 0 aliphatic heterocycles. The van der Waals surface area contributed by atoms with Gasteiger partial charge in [0, 0.05) is 5.57 Å². The number of hydrogen-bond donors (Lipinski definition) is 1. The average Bonchev–Trinajstić information content (AvgIpc) is 2.77. The molecule has 0 heterocycles. The molecule has 5 heteroatoms. The van der Waals surface area contributed by atoms with Crippen LogP contribution in [-0.4, -0.2) is 32.2 Å². The van der Waals surface area contributed by atoms with E-state index in [-0.39, 0.29) is 5.57 Å². The highest BCUT2D eigenvalue weighted by atomic mass is 28.3. The van der Waals surface area contributed by atoms with E-state index in [1.807, 2.05) is 96.7 Å². The Balaban J connectivity index is 2.40. The van der Waals surface area contributed by atoms with Gasteiger partial charge in [-0.3, -0.25) is 4.79 Å². The van der Waals surface area contributed by atoms with Crippen molar-refractivity contribution in [2.24, 2.45) is 0 Å². The van der Waals surface area contributed by atoms with Crippen molar-refractivity contribution in [3.8, 4) is 0 Å². The van der Waals surface area contributed by atoms with Crippen LogP contribution in [0.15, 0.2) is 102 Å². The van der Waals surface area contributed by atoms with Crippen molar-refractivity contribution in [1.82, 2.24) is 0 Å². The van der Waals surface area contributed by atoms with Crippen molar-refractivity contribution in [2.75, 3.05) is 7.11 Å². The van der Waals surface area contributed by atoms with Gasteiger partial charge in [0.25, 0.3) is 0 Å². The summed E-state index contributed by atoms with van der Waals surface area (Å²) in [7, 11) is -1.59. The van der Waals surface area contributed by atoms with Crippen LogP contribution in [-0.2, 0) is 14.3 Å². The van der Waals surface area contributed by atoms with Crippen LogP contribution in [0.5, 0.6) is 0 Å². The molecular formula is C24H22O4Si. The maximum atomic E-state index is 12.5. The summed E-state index contributed by atoms with van der Waals surface area (Å²) in [6.45, 7) is 0. The highest BCUT2D eigenvalue weighted by Crippen LogP contribution is 2.15. The first-order valence-corrected chi connectivity index (χ1v) is 11.3. The molecule has 0 aliphatic rings. The lowest BCUT2D eigenvalue weighted by Gasteiger charge is -2.31. The molecule has 3 aromatic carbocycles. The minimum absolute atomic E-state index is 0.156. The molecule has 1 N–H and O–H groups in total. The first kappa shape index (κ1) is 20.3. The molecule has 3 rings (SSSR count). The van der Waals surface area contributed by atoms with Crippen LogP contribution < -0.4 is 15.6 Å². The molecule has 0 bridgehead atoms. The maximum Gasteiger partial charge on any atom is 0.333 e. The predicted molar refractivity (Wildman–Crippen MR) is 116 cm³/mol. The van der Waals surface area contributed by atoms with E-state index in [9.17, 15) is 14.7 Å². The van der Waals surface area contributed by atoms with E-state index < -0.39 is 26.4 Å². The van der Waals surface area contributed by atoms with E-state index in [0.717, 1.165) is 15.6 Å². The summed E-state index contributed by atoms with van der Waals surface area (Å²) in [5.74, 6) is -1.69. The smallest absolute Gasteiger partial charge is 0.333 e. The second kappa shape index (κ2) is 9.17. The van der Waals surface area contributed by atoms with Gasteiger partial charge in [0.2, 0.25) is 0 Å². The fraction of sp³-hybridized carbons (Fsp3) is 0.0833. The molecule has 29 heavy (non-hydrogen) atoms. The second-order valence-corrected chi connectivity index (χ2v) is 10.3. The summed E-state index contributed by atoms with van der Waals surface area (Å²) >= 11 is 0. The molecule has 4 nitrogen and oxygen atoms in total. The van der Waals surface area contributed by atoms with E-state index in [1.54, 1.807) is 0 Å². The topological polar surface area (TPSA) is 63.6 Å². The minimum atomic E-state index is -2.86. The molecule has 0 aliphatic carbocycles. The molecule has 0 saturated heterocycles. The Bertz CT molecular complexity index is 902. The van der Waals surface area contributed by atoms with Gasteiger partial charge in [-0.15, -0.1) is 0 Å². The highest BCUT2D eigenvalue weighted by Gasteiger charge is 2.38. The summed E-state index contributed by atoms with van der Waals surface area (Å²) in [5, 5.41) is 12.6. The monoisotopic (exact) mass is 402 g/mol. The zero-order chi connectivity index (χ0) is 20.7. The Labute approximate surface area is 171 Å². The number of ether oxygens (including phenoxy) is 1. The quantitative estimate of drug-likeness (QED) is 0.285.